The molecule has 1 saturated heterocycles. The average Bonchev–Trinajstić information content (AvgIpc) is 3.87. The number of hydrogen-bond donors (Lipinski definition) is 0. The molecule has 0 bridgehead atoms. The Morgan fingerprint density at radius 1 is 0.685 bits per heavy atom. The summed E-state index contributed by atoms with van der Waals surface area (Å²) in [5.74, 6) is -0.375. The third kappa shape index (κ3) is 33.8. The molecule has 0 N–H and O–H groups in total. The number of unbranched alkanes of at least 4 members (excludes halogenated alkanes) is 18. The largest absolute Gasteiger partial charge is 0.756 e. The molecule has 0 aromatic rings. The maximum Gasteiger partial charge on any atom is 0.306 e. The molecule has 1 aliphatic heterocycles. The summed E-state index contributed by atoms with van der Waals surface area (Å²) in [5, 5.41) is 0. The van der Waals surface area contributed by atoms with Gasteiger partial charge in [0, 0.05) is 6.42 Å². The minimum atomic E-state index is -4.55. The zero-order valence-electron chi connectivity index (χ0n) is 35.4. The van der Waals surface area contributed by atoms with Crippen molar-refractivity contribution in [1.82, 2.24) is 0 Å². The number of ether oxygens (including phenoxy) is 3. The first kappa shape index (κ1) is 50.5. The normalized spacial score (nSPS) is 17.8. The van der Waals surface area contributed by atoms with Crippen LogP contribution in [0.1, 0.15) is 174 Å². The molecule has 3 unspecified atom stereocenters. The Morgan fingerprint density at radius 3 is 1.83 bits per heavy atom. The summed E-state index contributed by atoms with van der Waals surface area (Å²) < 4.78 is 40.1. The number of epoxide rings is 1. The number of nitrogens with zero attached hydrogens (tertiary/aromatic N) is 1. The number of likely N-dealkylation sites (N-methyl/N-ethyl adjacent to an activating group) is 1. The summed E-state index contributed by atoms with van der Waals surface area (Å²) in [6.07, 6.45) is 41.3. The summed E-state index contributed by atoms with van der Waals surface area (Å²) in [5.41, 5.74) is 0. The van der Waals surface area contributed by atoms with E-state index in [1.807, 2.05) is 27.2 Å². The van der Waals surface area contributed by atoms with E-state index >= 15 is 0 Å². The van der Waals surface area contributed by atoms with Crippen LogP contribution in [0.2, 0.25) is 0 Å². The van der Waals surface area contributed by atoms with Gasteiger partial charge in [0.1, 0.15) is 19.8 Å². The van der Waals surface area contributed by atoms with Gasteiger partial charge in [-0.15, -0.1) is 0 Å². The van der Waals surface area contributed by atoms with Crippen LogP contribution in [0.3, 0.4) is 0 Å². The molecule has 0 saturated carbocycles. The molecule has 4 atom stereocenters. The van der Waals surface area contributed by atoms with E-state index in [9.17, 15) is 14.3 Å². The third-order valence-electron chi connectivity index (χ3n) is 9.65. The Morgan fingerprint density at radius 2 is 1.22 bits per heavy atom. The van der Waals surface area contributed by atoms with Gasteiger partial charge >= 0.3 is 5.97 Å². The molecule has 0 aromatic carbocycles. The van der Waals surface area contributed by atoms with E-state index in [4.69, 9.17) is 23.3 Å². The lowest BCUT2D eigenvalue weighted by Gasteiger charge is -2.28. The number of hydrogen-bond acceptors (Lipinski definition) is 8. The first-order valence-electron chi connectivity index (χ1n) is 21.9. The predicted molar refractivity (Wildman–Crippen MR) is 221 cm³/mol. The number of esters is 1. The highest BCUT2D eigenvalue weighted by Crippen LogP contribution is 2.38. The van der Waals surface area contributed by atoms with E-state index in [0.717, 1.165) is 57.8 Å². The Kier molecular flexibility index (Phi) is 31.5. The predicted octanol–water partition coefficient (Wildman–Crippen LogP) is 11.3. The second kappa shape index (κ2) is 33.6. The van der Waals surface area contributed by atoms with Crippen LogP contribution in [0, 0.1) is 0 Å². The van der Waals surface area contributed by atoms with Gasteiger partial charge in [0.05, 0.1) is 46.2 Å². The molecular formula is C44H82NO8P. The fourth-order valence-corrected chi connectivity index (χ4v) is 6.83. The lowest BCUT2D eigenvalue weighted by Crippen LogP contribution is -2.37. The molecule has 0 amide bonds. The number of allylic oxidation sites excluding steroid dienone is 4. The van der Waals surface area contributed by atoms with Gasteiger partial charge in [0.25, 0.3) is 7.82 Å². The quantitative estimate of drug-likeness (QED) is 0.0115. The number of rotatable bonds is 39. The van der Waals surface area contributed by atoms with Crippen molar-refractivity contribution in [3.05, 3.63) is 36.6 Å². The van der Waals surface area contributed by atoms with Gasteiger partial charge in [-0.05, 0) is 76.7 Å². The molecule has 0 aromatic heterocycles. The van der Waals surface area contributed by atoms with Crippen molar-refractivity contribution in [2.24, 2.45) is 0 Å². The van der Waals surface area contributed by atoms with Gasteiger partial charge in [-0.25, -0.2) is 0 Å². The van der Waals surface area contributed by atoms with Crippen LogP contribution < -0.4 is 4.89 Å². The Hall–Kier alpha value is -1.48. The van der Waals surface area contributed by atoms with E-state index in [2.05, 4.69) is 38.2 Å². The van der Waals surface area contributed by atoms with E-state index in [0.29, 0.717) is 23.2 Å². The summed E-state index contributed by atoms with van der Waals surface area (Å²) in [4.78, 5) is 25.0. The average molecular weight is 784 g/mol. The highest BCUT2D eigenvalue weighted by Gasteiger charge is 2.36. The Labute approximate surface area is 331 Å². The molecule has 1 rings (SSSR count). The smallest absolute Gasteiger partial charge is 0.306 e. The zero-order valence-corrected chi connectivity index (χ0v) is 36.3. The van der Waals surface area contributed by atoms with Crippen LogP contribution in [0.15, 0.2) is 36.6 Å². The van der Waals surface area contributed by atoms with Crippen LogP contribution >= 0.6 is 7.82 Å². The van der Waals surface area contributed by atoms with Gasteiger partial charge in [-0.1, -0.05) is 122 Å². The van der Waals surface area contributed by atoms with Gasteiger partial charge in [0.2, 0.25) is 0 Å². The van der Waals surface area contributed by atoms with E-state index in [1.54, 1.807) is 6.26 Å². The fourth-order valence-electron chi connectivity index (χ4n) is 6.10. The van der Waals surface area contributed by atoms with Crippen LogP contribution in [0.5, 0.6) is 0 Å². The van der Waals surface area contributed by atoms with Crippen molar-refractivity contribution >= 4 is 13.8 Å². The Bertz CT molecular complexity index is 1030. The van der Waals surface area contributed by atoms with Crippen molar-refractivity contribution in [3.63, 3.8) is 0 Å². The number of quaternary nitrogens is 1. The van der Waals surface area contributed by atoms with Crippen LogP contribution in [0.25, 0.3) is 0 Å². The van der Waals surface area contributed by atoms with Crippen molar-refractivity contribution < 1.29 is 42.0 Å². The highest BCUT2D eigenvalue weighted by atomic mass is 31.2. The number of carbonyl (C=O) groups excluding carboxylic acids is 1. The van der Waals surface area contributed by atoms with Gasteiger partial charge < -0.3 is 32.6 Å². The molecular weight excluding hydrogens is 701 g/mol. The molecule has 54 heavy (non-hydrogen) atoms. The molecule has 0 aliphatic carbocycles. The maximum absolute atomic E-state index is 12.7. The summed E-state index contributed by atoms with van der Waals surface area (Å²) in [6, 6.07) is 0. The van der Waals surface area contributed by atoms with Crippen molar-refractivity contribution in [2.75, 3.05) is 47.5 Å². The lowest BCUT2D eigenvalue weighted by molar-refractivity contribution is -0.870. The molecule has 1 heterocycles. The second-order valence-corrected chi connectivity index (χ2v) is 17.6. The number of phosphoric acid groups is 1. The SMILES string of the molecule is CCCCCC/C=C\CCCCCCCC/C=C/OC[C@H](COP(=O)([O-])OCC[N+](C)(C)C)OC(=O)CCCCCCC/C=C\CC1OC1CCCCC. The van der Waals surface area contributed by atoms with E-state index < -0.39 is 13.9 Å². The number of carbonyl (C=O) groups is 1. The highest BCUT2D eigenvalue weighted by molar-refractivity contribution is 7.45. The topological polar surface area (TPSA) is 107 Å². The summed E-state index contributed by atoms with van der Waals surface area (Å²) in [6.45, 7) is 4.66. The van der Waals surface area contributed by atoms with Gasteiger partial charge in [-0.3, -0.25) is 9.36 Å². The first-order chi connectivity index (χ1) is 26.1. The third-order valence-corrected chi connectivity index (χ3v) is 10.6. The standard InChI is InChI=1S/C44H82NO8P/c1-6-8-10-11-12-13-14-15-16-17-18-19-22-25-28-32-37-49-39-41(40-51-54(47,48)50-38-36-45(3,4)5)52-44(46)35-31-27-24-21-20-23-26-30-34-43-42(53-43)33-29-9-7-2/h13-14,26,30,32,37,41-43H,6-12,15-25,27-29,31,33-36,38-40H2,1-5H3/b14-13-,30-26-,37-32+/t41-,42?,43?/m1/s1. The fraction of sp³-hybridized carbons (Fsp3) is 0.841. The molecule has 10 heteroatoms. The van der Waals surface area contributed by atoms with Gasteiger partial charge in [0.15, 0.2) is 6.10 Å². The first-order valence-corrected chi connectivity index (χ1v) is 23.3. The van der Waals surface area contributed by atoms with Gasteiger partial charge in [-0.2, -0.15) is 0 Å². The lowest BCUT2D eigenvalue weighted by atomic mass is 10.1. The van der Waals surface area contributed by atoms with Crippen molar-refractivity contribution in [1.29, 1.82) is 0 Å². The monoisotopic (exact) mass is 784 g/mol. The second-order valence-electron chi connectivity index (χ2n) is 16.1. The van der Waals surface area contributed by atoms with Crippen LogP contribution in [-0.2, 0) is 32.6 Å². The molecule has 0 radical (unpaired) electrons. The molecule has 0 spiro atoms. The van der Waals surface area contributed by atoms with Crippen LogP contribution in [-0.4, -0.2) is 76.3 Å². The van der Waals surface area contributed by atoms with Crippen molar-refractivity contribution in [2.45, 2.75) is 193 Å². The summed E-state index contributed by atoms with van der Waals surface area (Å²) in [7, 11) is 1.30. The van der Waals surface area contributed by atoms with E-state index in [-0.39, 0.29) is 32.2 Å². The van der Waals surface area contributed by atoms with E-state index in [1.165, 1.54) is 96.3 Å². The Balaban J connectivity index is 2.25. The number of phosphoric ester groups is 1. The molecule has 1 aliphatic rings. The van der Waals surface area contributed by atoms with Crippen molar-refractivity contribution in [3.8, 4) is 0 Å². The zero-order chi connectivity index (χ0) is 39.6. The summed E-state index contributed by atoms with van der Waals surface area (Å²) >= 11 is 0. The molecule has 1 fully saturated rings. The molecule has 316 valence electrons. The molecule has 9 nitrogen and oxygen atoms in total. The minimum Gasteiger partial charge on any atom is -0.756 e. The van der Waals surface area contributed by atoms with Crippen LogP contribution in [0.4, 0.5) is 0 Å². The maximum atomic E-state index is 12.7. The minimum absolute atomic E-state index is 0.00814.